The van der Waals surface area contributed by atoms with Crippen LogP contribution in [-0.4, -0.2) is 30.0 Å². The van der Waals surface area contributed by atoms with Crippen LogP contribution in [0.5, 0.6) is 11.5 Å². The molecule has 0 saturated heterocycles. The van der Waals surface area contributed by atoms with Gasteiger partial charge in [-0.2, -0.15) is 5.10 Å². The zero-order chi connectivity index (χ0) is 17.9. The molecule has 2 amide bonds. The fourth-order valence-corrected chi connectivity index (χ4v) is 2.75. The number of carbonyl (C=O) groups excluding carboxylic acids is 1. The maximum Gasteiger partial charge on any atom is 0.319 e. The molecule has 7 heteroatoms. The molecule has 0 aliphatic carbocycles. The van der Waals surface area contributed by atoms with Crippen LogP contribution in [-0.2, 0) is 7.05 Å². The lowest BCUT2D eigenvalue weighted by molar-refractivity contribution is 0.249. The fourth-order valence-electron chi connectivity index (χ4n) is 2.75. The van der Waals surface area contributed by atoms with Crippen LogP contribution in [0.1, 0.15) is 29.9 Å². The van der Waals surface area contributed by atoms with Crippen molar-refractivity contribution in [3.8, 4) is 11.5 Å². The molecule has 0 fully saturated rings. The third-order valence-electron chi connectivity index (χ3n) is 4.00. The van der Waals surface area contributed by atoms with Crippen molar-refractivity contribution in [2.45, 2.75) is 26.8 Å². The summed E-state index contributed by atoms with van der Waals surface area (Å²) in [6.45, 7) is 5.85. The van der Waals surface area contributed by atoms with Crippen LogP contribution in [0.3, 0.4) is 0 Å². The van der Waals surface area contributed by atoms with Gasteiger partial charge in [-0.15, -0.1) is 0 Å². The summed E-state index contributed by atoms with van der Waals surface area (Å²) in [5.74, 6) is 1.19. The minimum absolute atomic E-state index is 0.164. The number of hydrogen-bond donors (Lipinski definition) is 2. The third kappa shape index (κ3) is 3.61. The number of ether oxygens (including phenoxy) is 2. The second kappa shape index (κ2) is 7.25. The van der Waals surface area contributed by atoms with Gasteiger partial charge < -0.3 is 20.1 Å². The normalized spacial score (nSPS) is 11.8. The Kier molecular flexibility index (Phi) is 5.33. The summed E-state index contributed by atoms with van der Waals surface area (Å²) in [5, 5.41) is 10.1. The highest BCUT2D eigenvalue weighted by atomic mass is 16.5. The van der Waals surface area contributed by atoms with Crippen LogP contribution in [0.2, 0.25) is 0 Å². The van der Waals surface area contributed by atoms with Gasteiger partial charge in [0.1, 0.15) is 11.5 Å². The topological polar surface area (TPSA) is 77.4 Å². The summed E-state index contributed by atoms with van der Waals surface area (Å²) in [6, 6.07) is 4.74. The monoisotopic (exact) mass is 332 g/mol. The van der Waals surface area contributed by atoms with Crippen LogP contribution in [0.25, 0.3) is 0 Å². The molecule has 7 nitrogen and oxygen atoms in total. The number of anilines is 1. The van der Waals surface area contributed by atoms with Gasteiger partial charge in [-0.25, -0.2) is 4.79 Å². The number of carbonyl (C=O) groups is 1. The summed E-state index contributed by atoms with van der Waals surface area (Å²) in [7, 11) is 5.01. The second-order valence-electron chi connectivity index (χ2n) is 5.59. The highest BCUT2D eigenvalue weighted by Gasteiger charge is 2.18. The first-order chi connectivity index (χ1) is 11.4. The highest BCUT2D eigenvalue weighted by Crippen LogP contribution is 2.29. The lowest BCUT2D eigenvalue weighted by Gasteiger charge is -2.17. The molecular weight excluding hydrogens is 308 g/mol. The average Bonchev–Trinajstić information content (AvgIpc) is 2.80. The molecule has 0 aliphatic heterocycles. The van der Waals surface area contributed by atoms with Crippen LogP contribution >= 0.6 is 0 Å². The lowest BCUT2D eigenvalue weighted by atomic mass is 10.1. The summed E-state index contributed by atoms with van der Waals surface area (Å²) >= 11 is 0. The molecular formula is C17H24N4O3. The van der Waals surface area contributed by atoms with Crippen molar-refractivity contribution >= 4 is 11.7 Å². The molecule has 0 spiro atoms. The van der Waals surface area contributed by atoms with E-state index in [9.17, 15) is 4.79 Å². The Morgan fingerprint density at radius 3 is 2.50 bits per heavy atom. The predicted octanol–water partition coefficient (Wildman–Crippen LogP) is 2.94. The second-order valence-corrected chi connectivity index (χ2v) is 5.59. The fraction of sp³-hybridized carbons (Fsp3) is 0.412. The average molecular weight is 332 g/mol. The Labute approximate surface area is 142 Å². The summed E-state index contributed by atoms with van der Waals surface area (Å²) < 4.78 is 12.2. The zero-order valence-corrected chi connectivity index (χ0v) is 14.9. The first kappa shape index (κ1) is 17.7. The minimum Gasteiger partial charge on any atom is -0.497 e. The molecule has 0 unspecified atom stereocenters. The quantitative estimate of drug-likeness (QED) is 0.882. The van der Waals surface area contributed by atoms with E-state index in [1.165, 1.54) is 0 Å². The minimum atomic E-state index is -0.311. The Bertz CT molecular complexity index is 740. The number of aromatic nitrogens is 2. The van der Waals surface area contributed by atoms with E-state index in [0.717, 1.165) is 17.0 Å². The molecule has 0 saturated carbocycles. The number of aryl methyl sites for hydroxylation is 2. The maximum absolute atomic E-state index is 12.3. The van der Waals surface area contributed by atoms with Gasteiger partial charge in [-0.05, 0) is 32.9 Å². The van der Waals surface area contributed by atoms with E-state index in [-0.39, 0.29) is 12.1 Å². The summed E-state index contributed by atoms with van der Waals surface area (Å²) in [5.41, 5.74) is 3.53. The van der Waals surface area contributed by atoms with Crippen molar-refractivity contribution in [3.05, 3.63) is 35.2 Å². The first-order valence-electron chi connectivity index (χ1n) is 7.67. The Morgan fingerprint density at radius 2 is 1.96 bits per heavy atom. The Hall–Kier alpha value is -2.70. The standard InChI is InChI=1S/C17H24N4O3/c1-10(16-11(2)20-21(4)12(16)3)18-17(22)19-14-8-7-13(23-5)9-15(14)24-6/h7-10H,1-6H3,(H2,18,19,22)/t10-/m1/s1. The van der Waals surface area contributed by atoms with E-state index in [4.69, 9.17) is 9.47 Å². The smallest absolute Gasteiger partial charge is 0.319 e. The van der Waals surface area contributed by atoms with Crippen LogP contribution in [0.15, 0.2) is 18.2 Å². The van der Waals surface area contributed by atoms with E-state index < -0.39 is 0 Å². The van der Waals surface area contributed by atoms with Gasteiger partial charge in [-0.1, -0.05) is 0 Å². The maximum atomic E-state index is 12.3. The number of amides is 2. The van der Waals surface area contributed by atoms with E-state index in [1.54, 1.807) is 32.4 Å². The van der Waals surface area contributed by atoms with E-state index in [2.05, 4.69) is 15.7 Å². The number of rotatable bonds is 5. The Balaban J connectivity index is 2.10. The van der Waals surface area contributed by atoms with E-state index in [1.807, 2.05) is 32.5 Å². The molecule has 0 aliphatic rings. The van der Waals surface area contributed by atoms with Crippen molar-refractivity contribution < 1.29 is 14.3 Å². The molecule has 1 atom stereocenters. The highest BCUT2D eigenvalue weighted by molar-refractivity contribution is 5.91. The molecule has 1 aromatic carbocycles. The molecule has 1 aromatic heterocycles. The largest absolute Gasteiger partial charge is 0.497 e. The number of hydrogen-bond acceptors (Lipinski definition) is 4. The van der Waals surface area contributed by atoms with Crippen LogP contribution < -0.4 is 20.1 Å². The van der Waals surface area contributed by atoms with Crippen molar-refractivity contribution in [2.75, 3.05) is 19.5 Å². The van der Waals surface area contributed by atoms with Crippen LogP contribution in [0.4, 0.5) is 10.5 Å². The molecule has 130 valence electrons. The summed E-state index contributed by atoms with van der Waals surface area (Å²) in [6.07, 6.45) is 0. The zero-order valence-electron chi connectivity index (χ0n) is 14.9. The lowest BCUT2D eigenvalue weighted by Crippen LogP contribution is -2.31. The number of benzene rings is 1. The molecule has 0 radical (unpaired) electrons. The van der Waals surface area contributed by atoms with Gasteiger partial charge >= 0.3 is 6.03 Å². The number of nitrogens with zero attached hydrogens (tertiary/aromatic N) is 2. The number of methoxy groups -OCH3 is 2. The summed E-state index contributed by atoms with van der Waals surface area (Å²) in [4.78, 5) is 12.3. The van der Waals surface area contributed by atoms with Gasteiger partial charge in [0.15, 0.2) is 0 Å². The molecule has 2 aromatic rings. The van der Waals surface area contributed by atoms with Gasteiger partial charge in [0, 0.05) is 24.4 Å². The first-order valence-corrected chi connectivity index (χ1v) is 7.67. The number of nitrogens with one attached hydrogen (secondary N) is 2. The van der Waals surface area contributed by atoms with Crippen LogP contribution in [0, 0.1) is 13.8 Å². The molecule has 1 heterocycles. The van der Waals surface area contributed by atoms with Gasteiger partial charge in [0.05, 0.1) is 31.6 Å². The number of urea groups is 1. The molecule has 2 rings (SSSR count). The third-order valence-corrected chi connectivity index (χ3v) is 4.00. The van der Waals surface area contributed by atoms with Crippen molar-refractivity contribution in [1.29, 1.82) is 0 Å². The van der Waals surface area contributed by atoms with Crippen molar-refractivity contribution in [1.82, 2.24) is 15.1 Å². The molecule has 0 bridgehead atoms. The molecule has 2 N–H and O–H groups in total. The SMILES string of the molecule is COc1ccc(NC(=O)N[C@H](C)c2c(C)nn(C)c2C)c(OC)c1. The predicted molar refractivity (Wildman–Crippen MR) is 92.8 cm³/mol. The van der Waals surface area contributed by atoms with Gasteiger partial charge in [0.2, 0.25) is 0 Å². The van der Waals surface area contributed by atoms with E-state index in [0.29, 0.717) is 17.2 Å². The molecule has 24 heavy (non-hydrogen) atoms. The Morgan fingerprint density at radius 1 is 1.25 bits per heavy atom. The van der Waals surface area contributed by atoms with Crippen molar-refractivity contribution in [2.24, 2.45) is 7.05 Å². The van der Waals surface area contributed by atoms with Gasteiger partial charge in [0.25, 0.3) is 0 Å². The van der Waals surface area contributed by atoms with E-state index >= 15 is 0 Å². The van der Waals surface area contributed by atoms with Gasteiger partial charge in [-0.3, -0.25) is 4.68 Å². The van der Waals surface area contributed by atoms with Crippen molar-refractivity contribution in [3.63, 3.8) is 0 Å².